The Labute approximate surface area is 101 Å². The summed E-state index contributed by atoms with van der Waals surface area (Å²) in [4.78, 5) is 13.5. The third-order valence-corrected chi connectivity index (χ3v) is 4.10. The maximum atomic E-state index is 11.4. The Kier molecular flexibility index (Phi) is 2.35. The molecule has 1 N–H and O–H groups in total. The zero-order valence-corrected chi connectivity index (χ0v) is 9.97. The summed E-state index contributed by atoms with van der Waals surface area (Å²) in [5, 5.41) is 9.39. The minimum Gasteiger partial charge on any atom is -0.480 e. The van der Waals surface area contributed by atoms with Crippen LogP contribution in [-0.4, -0.2) is 23.7 Å². The van der Waals surface area contributed by atoms with E-state index in [-0.39, 0.29) is 6.04 Å². The van der Waals surface area contributed by atoms with E-state index in [9.17, 15) is 9.90 Å². The van der Waals surface area contributed by atoms with Gasteiger partial charge in [0.05, 0.1) is 0 Å². The molecule has 3 aliphatic rings. The van der Waals surface area contributed by atoms with E-state index in [1.807, 2.05) is 25.1 Å². The molecule has 0 aromatic heterocycles. The van der Waals surface area contributed by atoms with E-state index in [2.05, 4.69) is 11.0 Å². The van der Waals surface area contributed by atoms with Crippen LogP contribution in [0.2, 0.25) is 0 Å². The fourth-order valence-electron chi connectivity index (χ4n) is 3.25. The van der Waals surface area contributed by atoms with Crippen molar-refractivity contribution >= 4 is 11.7 Å². The highest BCUT2D eigenvalue weighted by Crippen LogP contribution is 2.45. The number of hydrogen-bond donors (Lipinski definition) is 1. The summed E-state index contributed by atoms with van der Waals surface area (Å²) in [5.41, 5.74) is 2.25. The molecule has 1 unspecified atom stereocenters. The number of carbonyl (C=O) groups is 1. The monoisotopic (exact) mass is 231 g/mol. The second-order valence-electron chi connectivity index (χ2n) is 5.37. The fourth-order valence-corrected chi connectivity index (χ4v) is 3.25. The molecule has 2 saturated heterocycles. The molecule has 1 aromatic carbocycles. The molecule has 0 amide bonds. The van der Waals surface area contributed by atoms with E-state index in [0.29, 0.717) is 11.8 Å². The lowest BCUT2D eigenvalue weighted by atomic mass is 9.66. The highest BCUT2D eigenvalue weighted by Gasteiger charge is 2.47. The highest BCUT2D eigenvalue weighted by atomic mass is 16.4. The average Bonchev–Trinajstić information content (AvgIpc) is 2.27. The number of anilines is 1. The number of aryl methyl sites for hydroxylation is 1. The molecular weight excluding hydrogens is 214 g/mol. The Balaban J connectivity index is 1.93. The predicted octanol–water partition coefficient (Wildman–Crippen LogP) is 2.29. The van der Waals surface area contributed by atoms with Crippen molar-refractivity contribution in [2.75, 3.05) is 11.4 Å². The summed E-state index contributed by atoms with van der Waals surface area (Å²) in [5.74, 6) is 0.387. The smallest absolute Gasteiger partial charge is 0.326 e. The van der Waals surface area contributed by atoms with Crippen molar-refractivity contribution in [1.29, 1.82) is 0 Å². The van der Waals surface area contributed by atoms with Crippen LogP contribution in [-0.2, 0) is 4.79 Å². The molecule has 0 radical (unpaired) electrons. The number of aliphatic carboxylic acids is 1. The van der Waals surface area contributed by atoms with Crippen molar-refractivity contribution < 1.29 is 9.90 Å². The van der Waals surface area contributed by atoms with Crippen LogP contribution in [0.15, 0.2) is 24.3 Å². The van der Waals surface area contributed by atoms with Gasteiger partial charge in [0.15, 0.2) is 0 Å². The number of carboxylic acid groups (broad SMARTS) is 1. The van der Waals surface area contributed by atoms with Crippen molar-refractivity contribution in [3.63, 3.8) is 0 Å². The summed E-state index contributed by atoms with van der Waals surface area (Å²) in [7, 11) is 0. The Hall–Kier alpha value is -1.51. The molecule has 0 spiro atoms. The molecule has 17 heavy (non-hydrogen) atoms. The fraction of sp³-hybridized carbons (Fsp3) is 0.500. The van der Waals surface area contributed by atoms with E-state index in [1.165, 1.54) is 5.56 Å². The van der Waals surface area contributed by atoms with Gasteiger partial charge >= 0.3 is 5.97 Å². The standard InChI is InChI=1S/C14H17NO2/c1-9-3-2-4-12(5-9)15-8-10-6-11(7-10)13(15)14(16)17/h2-5,10-11,13H,6-8H2,1H3,(H,16,17). The number of carboxylic acids is 1. The summed E-state index contributed by atoms with van der Waals surface area (Å²) in [6, 6.07) is 7.84. The number of fused-ring (bicyclic) bond motifs is 2. The average molecular weight is 231 g/mol. The Morgan fingerprint density at radius 2 is 2.18 bits per heavy atom. The zero-order valence-electron chi connectivity index (χ0n) is 9.97. The van der Waals surface area contributed by atoms with Crippen LogP contribution in [0.5, 0.6) is 0 Å². The van der Waals surface area contributed by atoms with Gasteiger partial charge in [0.1, 0.15) is 6.04 Å². The lowest BCUT2D eigenvalue weighted by molar-refractivity contribution is -0.142. The second-order valence-corrected chi connectivity index (χ2v) is 5.37. The van der Waals surface area contributed by atoms with Crippen molar-refractivity contribution in [3.8, 4) is 0 Å². The summed E-state index contributed by atoms with van der Waals surface area (Å²) < 4.78 is 0. The van der Waals surface area contributed by atoms with Gasteiger partial charge in [-0.15, -0.1) is 0 Å². The van der Waals surface area contributed by atoms with Gasteiger partial charge in [-0.05, 0) is 49.3 Å². The number of benzene rings is 1. The molecule has 90 valence electrons. The molecule has 2 heterocycles. The van der Waals surface area contributed by atoms with E-state index in [4.69, 9.17) is 0 Å². The lowest BCUT2D eigenvalue weighted by Crippen LogP contribution is -2.59. The van der Waals surface area contributed by atoms with Gasteiger partial charge in [0, 0.05) is 12.2 Å². The normalized spacial score (nSPS) is 30.9. The maximum absolute atomic E-state index is 11.4. The van der Waals surface area contributed by atoms with Gasteiger partial charge in [-0.3, -0.25) is 0 Å². The molecule has 3 nitrogen and oxygen atoms in total. The number of nitrogens with zero attached hydrogens (tertiary/aromatic N) is 1. The van der Waals surface area contributed by atoms with Crippen LogP contribution in [0, 0.1) is 18.8 Å². The maximum Gasteiger partial charge on any atom is 0.326 e. The van der Waals surface area contributed by atoms with E-state index < -0.39 is 5.97 Å². The van der Waals surface area contributed by atoms with Crippen molar-refractivity contribution in [3.05, 3.63) is 29.8 Å². The van der Waals surface area contributed by atoms with Crippen LogP contribution >= 0.6 is 0 Å². The molecule has 1 saturated carbocycles. The van der Waals surface area contributed by atoms with Crippen LogP contribution in [0.25, 0.3) is 0 Å². The van der Waals surface area contributed by atoms with Gasteiger partial charge in [0.2, 0.25) is 0 Å². The van der Waals surface area contributed by atoms with Crippen LogP contribution in [0.3, 0.4) is 0 Å². The largest absolute Gasteiger partial charge is 0.480 e. The zero-order chi connectivity index (χ0) is 12.0. The SMILES string of the molecule is Cc1cccc(N2CC3CC(C3)C2C(=O)O)c1. The second kappa shape index (κ2) is 3.76. The summed E-state index contributed by atoms with van der Waals surface area (Å²) >= 11 is 0. The molecule has 3 heteroatoms. The predicted molar refractivity (Wildman–Crippen MR) is 66.2 cm³/mol. The Morgan fingerprint density at radius 1 is 1.41 bits per heavy atom. The number of hydrogen-bond acceptors (Lipinski definition) is 2. The van der Waals surface area contributed by atoms with Crippen molar-refractivity contribution in [1.82, 2.24) is 0 Å². The molecule has 2 bridgehead atoms. The van der Waals surface area contributed by atoms with Gasteiger partial charge in [-0.1, -0.05) is 12.1 Å². The van der Waals surface area contributed by atoms with Crippen molar-refractivity contribution in [2.45, 2.75) is 25.8 Å². The van der Waals surface area contributed by atoms with E-state index >= 15 is 0 Å². The van der Waals surface area contributed by atoms with Gasteiger partial charge in [0.25, 0.3) is 0 Å². The molecule has 1 aliphatic carbocycles. The van der Waals surface area contributed by atoms with Gasteiger partial charge < -0.3 is 10.0 Å². The van der Waals surface area contributed by atoms with Crippen molar-refractivity contribution in [2.24, 2.45) is 11.8 Å². The first-order valence-corrected chi connectivity index (χ1v) is 6.21. The number of rotatable bonds is 2. The minimum absolute atomic E-state index is 0.318. The molecule has 4 rings (SSSR count). The lowest BCUT2D eigenvalue weighted by Gasteiger charge is -2.52. The first-order valence-electron chi connectivity index (χ1n) is 6.21. The van der Waals surface area contributed by atoms with E-state index in [1.54, 1.807) is 0 Å². The van der Waals surface area contributed by atoms with Gasteiger partial charge in [-0.2, -0.15) is 0 Å². The molecule has 1 atom stereocenters. The molecule has 2 aliphatic heterocycles. The quantitative estimate of drug-likeness (QED) is 0.849. The first kappa shape index (κ1) is 10.6. The third kappa shape index (κ3) is 1.70. The Morgan fingerprint density at radius 3 is 2.82 bits per heavy atom. The van der Waals surface area contributed by atoms with Crippen LogP contribution in [0.4, 0.5) is 5.69 Å². The summed E-state index contributed by atoms with van der Waals surface area (Å²) in [6.45, 7) is 2.95. The van der Waals surface area contributed by atoms with Gasteiger partial charge in [-0.25, -0.2) is 4.79 Å². The highest BCUT2D eigenvalue weighted by molar-refractivity contribution is 5.79. The molecular formula is C14H17NO2. The molecule has 1 aromatic rings. The first-order chi connectivity index (χ1) is 8.15. The topological polar surface area (TPSA) is 40.5 Å². The van der Waals surface area contributed by atoms with Crippen LogP contribution in [0.1, 0.15) is 18.4 Å². The third-order valence-electron chi connectivity index (χ3n) is 4.10. The van der Waals surface area contributed by atoms with Crippen LogP contribution < -0.4 is 4.90 Å². The number of piperidine rings is 2. The molecule has 3 fully saturated rings. The Bertz CT molecular complexity index is 451. The van der Waals surface area contributed by atoms with E-state index in [0.717, 1.165) is 25.1 Å². The minimum atomic E-state index is -0.672. The summed E-state index contributed by atoms with van der Waals surface area (Å²) in [6.07, 6.45) is 2.19.